The Labute approximate surface area is 163 Å². The van der Waals surface area contributed by atoms with E-state index in [2.05, 4.69) is 0 Å². The fourth-order valence-corrected chi connectivity index (χ4v) is 4.07. The van der Waals surface area contributed by atoms with Gasteiger partial charge in [-0.1, -0.05) is 12.1 Å². The first kappa shape index (κ1) is 18.4. The number of benzene rings is 2. The van der Waals surface area contributed by atoms with Crippen molar-refractivity contribution in [3.63, 3.8) is 0 Å². The predicted octanol–water partition coefficient (Wildman–Crippen LogP) is 2.67. The summed E-state index contributed by atoms with van der Waals surface area (Å²) in [5.74, 6) is -0.880. The van der Waals surface area contributed by atoms with Crippen molar-refractivity contribution in [2.75, 3.05) is 18.0 Å². The third kappa shape index (κ3) is 2.81. The summed E-state index contributed by atoms with van der Waals surface area (Å²) in [6.07, 6.45) is 1.82. The fourth-order valence-electron chi connectivity index (χ4n) is 4.07. The zero-order chi connectivity index (χ0) is 20.0. The number of carbonyl (C=O) groups excluding carboxylic acids is 3. The zero-order valence-electron chi connectivity index (χ0n) is 16.1. The first-order valence-corrected chi connectivity index (χ1v) is 9.53. The Morgan fingerprint density at radius 3 is 2.57 bits per heavy atom. The van der Waals surface area contributed by atoms with Crippen molar-refractivity contribution in [2.45, 2.75) is 32.7 Å². The number of imide groups is 1. The largest absolute Gasteiger partial charge is 0.334 e. The second-order valence-corrected chi connectivity index (χ2v) is 7.53. The maximum absolute atomic E-state index is 13.0. The number of anilines is 1. The molecule has 28 heavy (non-hydrogen) atoms. The van der Waals surface area contributed by atoms with Crippen LogP contribution in [-0.4, -0.2) is 41.8 Å². The highest BCUT2D eigenvalue weighted by molar-refractivity contribution is 6.35. The molecule has 1 fully saturated rings. The predicted molar refractivity (Wildman–Crippen MR) is 107 cm³/mol. The topological polar surface area (TPSA) is 83.7 Å². The van der Waals surface area contributed by atoms with Gasteiger partial charge in [0.1, 0.15) is 0 Å². The van der Waals surface area contributed by atoms with Crippen LogP contribution >= 0.6 is 0 Å². The molecule has 2 aliphatic heterocycles. The van der Waals surface area contributed by atoms with E-state index in [-0.39, 0.29) is 29.3 Å². The van der Waals surface area contributed by atoms with Gasteiger partial charge in [0, 0.05) is 24.7 Å². The van der Waals surface area contributed by atoms with E-state index in [1.165, 1.54) is 4.90 Å². The van der Waals surface area contributed by atoms with Crippen LogP contribution in [0.4, 0.5) is 5.69 Å². The third-order valence-electron chi connectivity index (χ3n) is 5.65. The van der Waals surface area contributed by atoms with E-state index in [1.54, 1.807) is 23.1 Å². The van der Waals surface area contributed by atoms with Crippen LogP contribution in [0.3, 0.4) is 0 Å². The number of likely N-dealkylation sites (tertiary alicyclic amines) is 1. The molecule has 2 N–H and O–H groups in total. The van der Waals surface area contributed by atoms with Crippen molar-refractivity contribution in [3.05, 3.63) is 64.2 Å². The standard InChI is InChI=1S/C22H23N3O3/c1-13-5-6-14(2)19(10-13)25-21(27)17-8-7-15(11-18(17)22(25)28)20(26)24-9-3-4-16(24)12-23/h5-8,10-11,16H,3-4,9,12,23H2,1-2H3. The lowest BCUT2D eigenvalue weighted by atomic mass is 10.0. The van der Waals surface area contributed by atoms with E-state index in [1.807, 2.05) is 32.0 Å². The molecular weight excluding hydrogens is 354 g/mol. The first-order valence-electron chi connectivity index (χ1n) is 9.53. The van der Waals surface area contributed by atoms with Crippen LogP contribution in [0, 0.1) is 13.8 Å². The van der Waals surface area contributed by atoms with Crippen molar-refractivity contribution >= 4 is 23.4 Å². The van der Waals surface area contributed by atoms with E-state index >= 15 is 0 Å². The average Bonchev–Trinajstić information content (AvgIpc) is 3.26. The molecular formula is C22H23N3O3. The van der Waals surface area contributed by atoms with Gasteiger partial charge < -0.3 is 10.6 Å². The summed E-state index contributed by atoms with van der Waals surface area (Å²) in [7, 11) is 0. The molecule has 2 aromatic rings. The van der Waals surface area contributed by atoms with Crippen LogP contribution in [0.25, 0.3) is 0 Å². The molecule has 6 nitrogen and oxygen atoms in total. The number of hydrogen-bond donors (Lipinski definition) is 1. The highest BCUT2D eigenvalue weighted by Gasteiger charge is 2.38. The number of amides is 3. The number of fused-ring (bicyclic) bond motifs is 1. The normalized spacial score (nSPS) is 18.8. The first-order chi connectivity index (χ1) is 13.4. The van der Waals surface area contributed by atoms with Gasteiger partial charge in [-0.2, -0.15) is 0 Å². The number of rotatable bonds is 3. The maximum atomic E-state index is 13.0. The number of hydrogen-bond acceptors (Lipinski definition) is 4. The highest BCUT2D eigenvalue weighted by Crippen LogP contribution is 2.32. The lowest BCUT2D eigenvalue weighted by Gasteiger charge is -2.23. The lowest BCUT2D eigenvalue weighted by molar-refractivity contribution is 0.0740. The minimum atomic E-state index is -0.389. The molecule has 1 unspecified atom stereocenters. The molecule has 1 atom stereocenters. The zero-order valence-corrected chi connectivity index (χ0v) is 16.1. The molecule has 0 spiro atoms. The molecule has 0 aromatic heterocycles. The van der Waals surface area contributed by atoms with Crippen LogP contribution in [0.5, 0.6) is 0 Å². The van der Waals surface area contributed by atoms with Gasteiger partial charge >= 0.3 is 0 Å². The van der Waals surface area contributed by atoms with Crippen molar-refractivity contribution in [2.24, 2.45) is 5.73 Å². The van der Waals surface area contributed by atoms with Crippen molar-refractivity contribution < 1.29 is 14.4 Å². The Balaban J connectivity index is 1.70. The van der Waals surface area contributed by atoms with E-state index in [9.17, 15) is 14.4 Å². The molecule has 0 bridgehead atoms. The second kappa shape index (κ2) is 6.87. The summed E-state index contributed by atoms with van der Waals surface area (Å²) in [6.45, 7) is 4.88. The molecule has 2 heterocycles. The summed E-state index contributed by atoms with van der Waals surface area (Å²) >= 11 is 0. The Bertz CT molecular complexity index is 999. The number of aryl methyl sites for hydroxylation is 2. The minimum Gasteiger partial charge on any atom is -0.334 e. The summed E-state index contributed by atoms with van der Waals surface area (Å²) in [6, 6.07) is 10.5. The summed E-state index contributed by atoms with van der Waals surface area (Å²) in [4.78, 5) is 41.8. The Morgan fingerprint density at radius 1 is 1.07 bits per heavy atom. The Morgan fingerprint density at radius 2 is 1.82 bits per heavy atom. The molecule has 0 saturated carbocycles. The summed E-state index contributed by atoms with van der Waals surface area (Å²) in [5.41, 5.74) is 9.21. The highest BCUT2D eigenvalue weighted by atomic mass is 16.2. The van der Waals surface area contributed by atoms with Crippen LogP contribution in [0.2, 0.25) is 0 Å². The monoisotopic (exact) mass is 377 g/mol. The van der Waals surface area contributed by atoms with Gasteiger partial charge in [0.05, 0.1) is 16.8 Å². The molecule has 4 rings (SSSR count). The van der Waals surface area contributed by atoms with Gasteiger partial charge in [-0.05, 0) is 62.1 Å². The van der Waals surface area contributed by atoms with E-state index in [0.717, 1.165) is 24.0 Å². The van der Waals surface area contributed by atoms with Gasteiger partial charge in [-0.25, -0.2) is 4.90 Å². The average molecular weight is 377 g/mol. The van der Waals surface area contributed by atoms with Crippen LogP contribution < -0.4 is 10.6 Å². The molecule has 3 amide bonds. The smallest absolute Gasteiger partial charge is 0.266 e. The van der Waals surface area contributed by atoms with Gasteiger partial charge in [0.25, 0.3) is 17.7 Å². The van der Waals surface area contributed by atoms with Gasteiger partial charge in [0.2, 0.25) is 0 Å². The third-order valence-corrected chi connectivity index (χ3v) is 5.65. The molecule has 1 saturated heterocycles. The molecule has 0 radical (unpaired) electrons. The molecule has 2 aliphatic rings. The number of nitrogens with two attached hydrogens (primary N) is 1. The van der Waals surface area contributed by atoms with Crippen LogP contribution in [0.15, 0.2) is 36.4 Å². The second-order valence-electron chi connectivity index (χ2n) is 7.53. The Kier molecular flexibility index (Phi) is 4.51. The van der Waals surface area contributed by atoms with E-state index in [4.69, 9.17) is 5.73 Å². The van der Waals surface area contributed by atoms with Gasteiger partial charge in [0.15, 0.2) is 0 Å². The van der Waals surface area contributed by atoms with E-state index in [0.29, 0.717) is 29.9 Å². The summed E-state index contributed by atoms with van der Waals surface area (Å²) in [5, 5.41) is 0. The van der Waals surface area contributed by atoms with Crippen LogP contribution in [0.1, 0.15) is 55.0 Å². The van der Waals surface area contributed by atoms with Crippen molar-refractivity contribution in [1.82, 2.24) is 4.90 Å². The van der Waals surface area contributed by atoms with E-state index < -0.39 is 0 Å². The fraction of sp³-hybridized carbons (Fsp3) is 0.318. The van der Waals surface area contributed by atoms with Crippen molar-refractivity contribution in [3.8, 4) is 0 Å². The number of nitrogens with zero attached hydrogens (tertiary/aromatic N) is 2. The number of carbonyl (C=O) groups is 3. The van der Waals surface area contributed by atoms with Gasteiger partial charge in [-0.3, -0.25) is 14.4 Å². The minimum absolute atomic E-state index is 0.0320. The Hall–Kier alpha value is -2.99. The molecule has 144 valence electrons. The van der Waals surface area contributed by atoms with Crippen molar-refractivity contribution in [1.29, 1.82) is 0 Å². The maximum Gasteiger partial charge on any atom is 0.266 e. The van der Waals surface area contributed by atoms with Gasteiger partial charge in [-0.15, -0.1) is 0 Å². The summed E-state index contributed by atoms with van der Waals surface area (Å²) < 4.78 is 0. The lowest BCUT2D eigenvalue weighted by Crippen LogP contribution is -2.39. The van der Waals surface area contributed by atoms with Crippen LogP contribution in [-0.2, 0) is 0 Å². The quantitative estimate of drug-likeness (QED) is 0.834. The molecule has 0 aliphatic carbocycles. The SMILES string of the molecule is Cc1ccc(C)c(N2C(=O)c3ccc(C(=O)N4CCCC4CN)cc3C2=O)c1. The molecule has 6 heteroatoms. The molecule has 2 aromatic carbocycles.